The van der Waals surface area contributed by atoms with Crippen molar-refractivity contribution >= 4 is 21.5 Å². The number of esters is 1. The number of benzene rings is 2. The van der Waals surface area contributed by atoms with Gasteiger partial charge in [0.05, 0.1) is 15.4 Å². The Hall–Kier alpha value is -2.74. The third kappa shape index (κ3) is 2.13. The molecule has 0 radical (unpaired) electrons. The number of carbonyl (C=O) groups is 1. The summed E-state index contributed by atoms with van der Waals surface area (Å²) < 4.78 is 30.0. The average molecular weight is 319 g/mol. The highest BCUT2D eigenvalue weighted by atomic mass is 32.2. The van der Waals surface area contributed by atoms with E-state index in [1.807, 2.05) is 0 Å². The van der Waals surface area contributed by atoms with Crippen molar-refractivity contribution in [3.8, 4) is 0 Å². The predicted molar refractivity (Wildman–Crippen MR) is 74.9 cm³/mol. The van der Waals surface area contributed by atoms with E-state index in [0.717, 1.165) is 12.1 Å². The normalized spacial score (nSPS) is 16.9. The van der Waals surface area contributed by atoms with E-state index in [9.17, 15) is 23.3 Å². The van der Waals surface area contributed by atoms with Crippen molar-refractivity contribution in [2.45, 2.75) is 10.3 Å². The summed E-state index contributed by atoms with van der Waals surface area (Å²) in [5, 5.41) is 10.7. The van der Waals surface area contributed by atoms with Crippen molar-refractivity contribution in [2.75, 3.05) is 0 Å². The quantitative estimate of drug-likeness (QED) is 0.488. The Morgan fingerprint density at radius 3 is 2.41 bits per heavy atom. The molecule has 2 aromatic rings. The largest absolute Gasteiger partial charge is 0.437 e. The number of sulfone groups is 1. The van der Waals surface area contributed by atoms with Gasteiger partial charge in [-0.1, -0.05) is 18.2 Å². The molecule has 1 heterocycles. The predicted octanol–water partition coefficient (Wildman–Crippen LogP) is 2.24. The first-order valence-corrected chi connectivity index (χ1v) is 7.74. The summed E-state index contributed by atoms with van der Waals surface area (Å²) in [6.45, 7) is 0. The Bertz CT molecular complexity index is 875. The van der Waals surface area contributed by atoms with Crippen LogP contribution in [0.3, 0.4) is 0 Å². The van der Waals surface area contributed by atoms with Gasteiger partial charge in [-0.05, 0) is 18.2 Å². The lowest BCUT2D eigenvalue weighted by Crippen LogP contribution is -2.13. The molecule has 1 aliphatic rings. The van der Waals surface area contributed by atoms with Crippen LogP contribution < -0.4 is 0 Å². The summed E-state index contributed by atoms with van der Waals surface area (Å²) >= 11 is 0. The van der Waals surface area contributed by atoms with E-state index in [4.69, 9.17) is 4.74 Å². The fraction of sp³-hybridized carbons (Fsp3) is 0.0714. The van der Waals surface area contributed by atoms with Crippen LogP contribution in [0.5, 0.6) is 0 Å². The Kier molecular flexibility index (Phi) is 3.18. The van der Waals surface area contributed by atoms with Crippen molar-refractivity contribution in [3.05, 3.63) is 69.8 Å². The number of non-ortho nitro benzene ring substituents is 1. The maximum absolute atomic E-state index is 12.6. The van der Waals surface area contributed by atoms with Crippen molar-refractivity contribution < 1.29 is 22.9 Å². The third-order valence-electron chi connectivity index (χ3n) is 3.29. The maximum Gasteiger partial charge on any atom is 0.340 e. The molecule has 0 aromatic heterocycles. The van der Waals surface area contributed by atoms with Gasteiger partial charge in [0.15, 0.2) is 0 Å². The molecule has 22 heavy (non-hydrogen) atoms. The number of hydrogen-bond donors (Lipinski definition) is 0. The van der Waals surface area contributed by atoms with Crippen LogP contribution in [0.2, 0.25) is 0 Å². The Balaban J connectivity index is 2.11. The molecule has 1 unspecified atom stereocenters. The number of nitrogens with zero attached hydrogens (tertiary/aromatic N) is 1. The van der Waals surface area contributed by atoms with Crippen LogP contribution in [-0.2, 0) is 14.6 Å². The fourth-order valence-electron chi connectivity index (χ4n) is 2.23. The lowest BCUT2D eigenvalue weighted by Gasteiger charge is -2.11. The van der Waals surface area contributed by atoms with Gasteiger partial charge >= 0.3 is 5.97 Å². The van der Waals surface area contributed by atoms with Crippen LogP contribution in [0.25, 0.3) is 0 Å². The van der Waals surface area contributed by atoms with E-state index in [2.05, 4.69) is 0 Å². The number of fused-ring (bicyclic) bond motifs is 1. The molecule has 1 aliphatic heterocycles. The number of cyclic esters (lactones) is 1. The SMILES string of the molecule is O=C1OC(S(=O)(=O)c2ccccc2)c2ccc([N+](=O)[O-])cc21. The van der Waals surface area contributed by atoms with Crippen molar-refractivity contribution in [1.82, 2.24) is 0 Å². The molecule has 8 heteroatoms. The molecule has 7 nitrogen and oxygen atoms in total. The van der Waals surface area contributed by atoms with Gasteiger partial charge in [-0.2, -0.15) is 0 Å². The molecule has 0 amide bonds. The van der Waals surface area contributed by atoms with E-state index >= 15 is 0 Å². The average Bonchev–Trinajstić information content (AvgIpc) is 2.85. The Morgan fingerprint density at radius 2 is 1.77 bits per heavy atom. The summed E-state index contributed by atoms with van der Waals surface area (Å²) in [5.41, 5.74) is -1.77. The summed E-state index contributed by atoms with van der Waals surface area (Å²) in [5.74, 6) is -0.886. The van der Waals surface area contributed by atoms with Crippen LogP contribution in [0.4, 0.5) is 5.69 Å². The summed E-state index contributed by atoms with van der Waals surface area (Å²) in [6, 6.07) is 11.0. The van der Waals surface area contributed by atoms with E-state index in [1.54, 1.807) is 18.2 Å². The molecule has 0 aliphatic carbocycles. The van der Waals surface area contributed by atoms with Gasteiger partial charge in [0.25, 0.3) is 5.69 Å². The van der Waals surface area contributed by atoms with Crippen LogP contribution in [0.1, 0.15) is 21.4 Å². The van der Waals surface area contributed by atoms with Gasteiger partial charge in [0, 0.05) is 17.7 Å². The molecular formula is C14H9NO6S. The molecule has 3 rings (SSSR count). The number of ether oxygens (including phenoxy) is 1. The van der Waals surface area contributed by atoms with Crippen LogP contribution in [0, 0.1) is 10.1 Å². The zero-order chi connectivity index (χ0) is 15.9. The van der Waals surface area contributed by atoms with Gasteiger partial charge in [0.2, 0.25) is 15.3 Å². The second-order valence-electron chi connectivity index (χ2n) is 4.62. The molecule has 0 saturated heterocycles. The van der Waals surface area contributed by atoms with E-state index < -0.39 is 26.2 Å². The van der Waals surface area contributed by atoms with E-state index in [-0.39, 0.29) is 21.7 Å². The smallest absolute Gasteiger partial charge is 0.340 e. The van der Waals surface area contributed by atoms with Gasteiger partial charge in [-0.3, -0.25) is 10.1 Å². The highest BCUT2D eigenvalue weighted by Gasteiger charge is 2.41. The maximum atomic E-state index is 12.6. The summed E-state index contributed by atoms with van der Waals surface area (Å²) in [4.78, 5) is 21.9. The first kappa shape index (κ1) is 14.2. The number of hydrogen-bond acceptors (Lipinski definition) is 6. The van der Waals surface area contributed by atoms with Gasteiger partial charge in [-0.15, -0.1) is 0 Å². The highest BCUT2D eigenvalue weighted by Crippen LogP contribution is 2.39. The molecule has 0 fully saturated rings. The second-order valence-corrected chi connectivity index (χ2v) is 6.61. The Morgan fingerprint density at radius 1 is 1.09 bits per heavy atom. The lowest BCUT2D eigenvalue weighted by molar-refractivity contribution is -0.384. The van der Waals surface area contributed by atoms with Crippen molar-refractivity contribution in [1.29, 1.82) is 0 Å². The van der Waals surface area contributed by atoms with Gasteiger partial charge in [0.1, 0.15) is 0 Å². The minimum Gasteiger partial charge on any atom is -0.437 e. The molecule has 0 saturated carbocycles. The second kappa shape index (κ2) is 4.92. The van der Waals surface area contributed by atoms with Crippen LogP contribution in [-0.4, -0.2) is 19.3 Å². The molecule has 0 spiro atoms. The first-order chi connectivity index (χ1) is 10.4. The van der Waals surface area contributed by atoms with Gasteiger partial charge in [-0.25, -0.2) is 13.2 Å². The standard InChI is InChI=1S/C14H9NO6S/c16-13-12-8-9(15(17)18)6-7-11(12)14(21-13)22(19,20)10-4-2-1-3-5-10/h1-8,14H. The fourth-order valence-corrected chi connectivity index (χ4v) is 3.77. The molecule has 112 valence electrons. The summed E-state index contributed by atoms with van der Waals surface area (Å²) in [7, 11) is -3.93. The highest BCUT2D eigenvalue weighted by molar-refractivity contribution is 7.91. The van der Waals surface area contributed by atoms with Crippen molar-refractivity contribution in [2.24, 2.45) is 0 Å². The first-order valence-electron chi connectivity index (χ1n) is 6.19. The number of rotatable bonds is 3. The van der Waals surface area contributed by atoms with Gasteiger partial charge < -0.3 is 4.74 Å². The lowest BCUT2D eigenvalue weighted by atomic mass is 10.1. The topological polar surface area (TPSA) is 104 Å². The molecule has 0 N–H and O–H groups in total. The van der Waals surface area contributed by atoms with Crippen molar-refractivity contribution in [3.63, 3.8) is 0 Å². The minimum absolute atomic E-state index is 0.0130. The Labute approximate surface area is 125 Å². The summed E-state index contributed by atoms with van der Waals surface area (Å²) in [6.07, 6.45) is 0. The van der Waals surface area contributed by atoms with Crippen LogP contribution >= 0.6 is 0 Å². The zero-order valence-electron chi connectivity index (χ0n) is 11.0. The van der Waals surface area contributed by atoms with E-state index in [0.29, 0.717) is 0 Å². The molecule has 2 aromatic carbocycles. The monoisotopic (exact) mass is 319 g/mol. The molecule has 0 bridgehead atoms. The minimum atomic E-state index is -3.93. The number of nitro groups is 1. The number of carbonyl (C=O) groups excluding carboxylic acids is 1. The van der Waals surface area contributed by atoms with E-state index in [1.165, 1.54) is 18.2 Å². The third-order valence-corrected chi connectivity index (χ3v) is 5.13. The molecule has 1 atom stereocenters. The van der Waals surface area contributed by atoms with Crippen LogP contribution in [0.15, 0.2) is 53.4 Å². The number of nitro benzene ring substituents is 1. The molecular weight excluding hydrogens is 310 g/mol. The zero-order valence-corrected chi connectivity index (χ0v) is 11.8.